The molecular formula is C29H25ClN2O4S. The van der Waals surface area contributed by atoms with E-state index in [9.17, 15) is 14.4 Å². The molecule has 3 aromatic rings. The molecule has 1 N–H and O–H groups in total. The van der Waals surface area contributed by atoms with Gasteiger partial charge in [-0.3, -0.25) is 14.5 Å². The maximum atomic E-state index is 13.6. The van der Waals surface area contributed by atoms with Crippen LogP contribution in [0.5, 0.6) is 0 Å². The Hall–Kier alpha value is -3.55. The van der Waals surface area contributed by atoms with E-state index in [1.54, 1.807) is 0 Å². The van der Waals surface area contributed by atoms with E-state index >= 15 is 0 Å². The van der Waals surface area contributed by atoms with E-state index in [0.29, 0.717) is 11.3 Å². The van der Waals surface area contributed by atoms with Crippen molar-refractivity contribution in [2.75, 3.05) is 11.6 Å². The lowest BCUT2D eigenvalue weighted by Crippen LogP contribution is -2.70. The van der Waals surface area contributed by atoms with Crippen LogP contribution in [0.3, 0.4) is 0 Å². The predicted molar refractivity (Wildman–Crippen MR) is 144 cm³/mol. The molecule has 0 aliphatic carbocycles. The zero-order valence-electron chi connectivity index (χ0n) is 19.9. The SMILES string of the molecule is O=C(Cc1ccccc1)N[C@H]1C(=O)N2C(C(=O)OC(c3ccccc3)c3ccccc3)=C(CCl)CS[C@H]12. The number of carbonyl (C=O) groups excluding carboxylic acids is 3. The standard InChI is InChI=1S/C29H25ClN2O4S/c30-17-22-18-37-28-24(31-23(33)16-19-10-4-1-5-11-19)27(34)32(28)25(22)29(35)36-26(20-12-6-2-7-13-20)21-14-8-3-9-15-21/h1-15,24,26,28H,16-18H2,(H,31,33)/t24-,28+/m0/s1. The quantitative estimate of drug-likeness (QED) is 0.263. The highest BCUT2D eigenvalue weighted by molar-refractivity contribution is 8.00. The minimum absolute atomic E-state index is 0.0975. The first-order valence-electron chi connectivity index (χ1n) is 11.9. The summed E-state index contributed by atoms with van der Waals surface area (Å²) in [4.78, 5) is 40.8. The van der Waals surface area contributed by atoms with E-state index in [1.807, 2.05) is 91.0 Å². The van der Waals surface area contributed by atoms with Gasteiger partial charge in [-0.1, -0.05) is 91.0 Å². The van der Waals surface area contributed by atoms with Gasteiger partial charge in [0.05, 0.1) is 6.42 Å². The summed E-state index contributed by atoms with van der Waals surface area (Å²) in [5, 5.41) is 2.45. The predicted octanol–water partition coefficient (Wildman–Crippen LogP) is 4.45. The molecule has 37 heavy (non-hydrogen) atoms. The topological polar surface area (TPSA) is 75.7 Å². The van der Waals surface area contributed by atoms with Crippen LogP contribution < -0.4 is 5.32 Å². The number of amides is 2. The monoisotopic (exact) mass is 532 g/mol. The second kappa shape index (κ2) is 11.2. The van der Waals surface area contributed by atoms with Gasteiger partial charge < -0.3 is 10.1 Å². The molecule has 2 aliphatic rings. The first-order valence-corrected chi connectivity index (χ1v) is 13.5. The van der Waals surface area contributed by atoms with Gasteiger partial charge in [0, 0.05) is 11.6 Å². The van der Waals surface area contributed by atoms with Crippen LogP contribution in [0.1, 0.15) is 22.8 Å². The average molecular weight is 533 g/mol. The van der Waals surface area contributed by atoms with E-state index in [2.05, 4.69) is 5.32 Å². The summed E-state index contributed by atoms with van der Waals surface area (Å²) in [5.41, 5.74) is 3.31. The number of alkyl halides is 1. The molecule has 0 radical (unpaired) electrons. The Balaban J connectivity index is 1.35. The van der Waals surface area contributed by atoms with Crippen LogP contribution in [0.15, 0.2) is 102 Å². The van der Waals surface area contributed by atoms with E-state index in [0.717, 1.165) is 16.7 Å². The molecule has 5 rings (SSSR count). The minimum Gasteiger partial charge on any atom is -0.448 e. The largest absolute Gasteiger partial charge is 0.448 e. The highest BCUT2D eigenvalue weighted by Gasteiger charge is 2.54. The Labute approximate surface area is 224 Å². The zero-order valence-corrected chi connectivity index (χ0v) is 21.5. The fourth-order valence-corrected chi connectivity index (χ4v) is 6.21. The van der Waals surface area contributed by atoms with Gasteiger partial charge in [-0.2, -0.15) is 0 Å². The Kier molecular flexibility index (Phi) is 7.63. The number of nitrogens with one attached hydrogen (secondary N) is 1. The average Bonchev–Trinajstić information content (AvgIpc) is 2.95. The van der Waals surface area contributed by atoms with Crippen molar-refractivity contribution in [1.82, 2.24) is 10.2 Å². The zero-order chi connectivity index (χ0) is 25.8. The summed E-state index contributed by atoms with van der Waals surface area (Å²) in [6.45, 7) is 0. The molecule has 0 aromatic heterocycles. The van der Waals surface area contributed by atoms with Crippen LogP contribution in [0.25, 0.3) is 0 Å². The fourth-order valence-electron chi connectivity index (χ4n) is 4.53. The Bertz CT molecular complexity index is 1280. The Morgan fingerprint density at radius 2 is 1.51 bits per heavy atom. The number of thioether (sulfide) groups is 1. The van der Waals surface area contributed by atoms with Gasteiger partial charge in [0.15, 0.2) is 6.10 Å². The summed E-state index contributed by atoms with van der Waals surface area (Å²) in [7, 11) is 0. The molecule has 6 nitrogen and oxygen atoms in total. The normalized spacial score (nSPS) is 18.8. The smallest absolute Gasteiger partial charge is 0.356 e. The first-order chi connectivity index (χ1) is 18.1. The van der Waals surface area contributed by atoms with Gasteiger partial charge in [-0.15, -0.1) is 23.4 Å². The van der Waals surface area contributed by atoms with E-state index in [4.69, 9.17) is 16.3 Å². The Morgan fingerprint density at radius 3 is 2.08 bits per heavy atom. The van der Waals surface area contributed by atoms with Crippen LogP contribution in [-0.2, 0) is 25.5 Å². The lowest BCUT2D eigenvalue weighted by Gasteiger charge is -2.49. The van der Waals surface area contributed by atoms with Gasteiger partial charge in [0.2, 0.25) is 5.91 Å². The fraction of sp³-hybridized carbons (Fsp3) is 0.207. The third-order valence-corrected chi connectivity index (χ3v) is 8.02. The van der Waals surface area contributed by atoms with Crippen molar-refractivity contribution in [1.29, 1.82) is 0 Å². The minimum atomic E-state index is -0.708. The third kappa shape index (κ3) is 5.29. The summed E-state index contributed by atoms with van der Waals surface area (Å²) in [5.74, 6) is -0.630. The van der Waals surface area contributed by atoms with Crippen molar-refractivity contribution in [2.24, 2.45) is 0 Å². The van der Waals surface area contributed by atoms with Crippen molar-refractivity contribution >= 4 is 41.1 Å². The molecule has 0 spiro atoms. The number of esters is 1. The third-order valence-electron chi connectivity index (χ3n) is 6.36. The lowest BCUT2D eigenvalue weighted by molar-refractivity contribution is -0.154. The molecule has 2 aliphatic heterocycles. The van der Waals surface area contributed by atoms with E-state index < -0.39 is 23.5 Å². The van der Waals surface area contributed by atoms with Crippen LogP contribution in [-0.4, -0.2) is 45.7 Å². The molecule has 2 amide bonds. The number of hydrogen-bond donors (Lipinski definition) is 1. The molecule has 0 bridgehead atoms. The van der Waals surface area contributed by atoms with Gasteiger partial charge in [-0.25, -0.2) is 4.79 Å². The van der Waals surface area contributed by atoms with Crippen LogP contribution in [0, 0.1) is 0 Å². The van der Waals surface area contributed by atoms with Gasteiger partial charge in [0.1, 0.15) is 17.1 Å². The van der Waals surface area contributed by atoms with Gasteiger partial charge in [0.25, 0.3) is 5.91 Å². The Morgan fingerprint density at radius 1 is 0.946 bits per heavy atom. The van der Waals surface area contributed by atoms with Crippen molar-refractivity contribution in [3.05, 3.63) is 119 Å². The highest BCUT2D eigenvalue weighted by atomic mass is 35.5. The summed E-state index contributed by atoms with van der Waals surface area (Å²) >= 11 is 7.68. The molecule has 1 saturated heterocycles. The number of halogens is 1. The van der Waals surface area contributed by atoms with E-state index in [1.165, 1.54) is 16.7 Å². The summed E-state index contributed by atoms with van der Waals surface area (Å²) < 4.78 is 6.04. The van der Waals surface area contributed by atoms with E-state index in [-0.39, 0.29) is 29.8 Å². The summed E-state index contributed by atoms with van der Waals surface area (Å²) in [6.07, 6.45) is -0.472. The van der Waals surface area contributed by atoms with Gasteiger partial charge in [-0.05, 0) is 22.3 Å². The molecule has 0 saturated carbocycles. The van der Waals surface area contributed by atoms with Crippen LogP contribution in [0.4, 0.5) is 0 Å². The number of rotatable bonds is 8. The molecule has 2 heterocycles. The van der Waals surface area contributed by atoms with Crippen molar-refractivity contribution in [2.45, 2.75) is 23.9 Å². The molecule has 8 heteroatoms. The number of β-lactam (4-membered cyclic amide) rings is 1. The van der Waals surface area contributed by atoms with Crippen molar-refractivity contribution in [3.8, 4) is 0 Å². The highest BCUT2D eigenvalue weighted by Crippen LogP contribution is 2.41. The number of ether oxygens (including phenoxy) is 1. The number of carbonyl (C=O) groups is 3. The van der Waals surface area contributed by atoms with Gasteiger partial charge >= 0.3 is 5.97 Å². The van der Waals surface area contributed by atoms with Crippen molar-refractivity contribution in [3.63, 3.8) is 0 Å². The van der Waals surface area contributed by atoms with Crippen LogP contribution >= 0.6 is 23.4 Å². The number of fused-ring (bicyclic) bond motifs is 1. The van der Waals surface area contributed by atoms with Crippen LogP contribution in [0.2, 0.25) is 0 Å². The molecule has 2 atom stereocenters. The molecular weight excluding hydrogens is 508 g/mol. The first kappa shape index (κ1) is 25.1. The number of nitrogens with zero attached hydrogens (tertiary/aromatic N) is 1. The molecule has 1 fully saturated rings. The molecule has 3 aromatic carbocycles. The molecule has 188 valence electrons. The second-order valence-corrected chi connectivity index (χ2v) is 10.2. The number of hydrogen-bond acceptors (Lipinski definition) is 5. The molecule has 0 unspecified atom stereocenters. The maximum absolute atomic E-state index is 13.6. The number of benzene rings is 3. The lowest BCUT2D eigenvalue weighted by atomic mass is 10.0. The summed E-state index contributed by atoms with van der Waals surface area (Å²) in [6, 6.07) is 27.6. The maximum Gasteiger partial charge on any atom is 0.356 e. The second-order valence-electron chi connectivity index (χ2n) is 8.81. The van der Waals surface area contributed by atoms with Crippen molar-refractivity contribution < 1.29 is 19.1 Å².